The molecule has 150 valence electrons. The summed E-state index contributed by atoms with van der Waals surface area (Å²) in [4.78, 5) is 27.3. The van der Waals surface area contributed by atoms with Crippen molar-refractivity contribution < 1.29 is 23.6 Å². The zero-order valence-electron chi connectivity index (χ0n) is 16.5. The molecule has 2 rings (SSSR count). The summed E-state index contributed by atoms with van der Waals surface area (Å²) in [7, 11) is 3.27. The fourth-order valence-electron chi connectivity index (χ4n) is 2.75. The quantitative estimate of drug-likeness (QED) is 0.681. The van der Waals surface area contributed by atoms with Crippen molar-refractivity contribution in [1.29, 1.82) is 0 Å². The number of likely N-dealkylation sites (N-methyl/N-ethyl adjacent to an activating group) is 2. The number of benzene rings is 2. The van der Waals surface area contributed by atoms with Gasteiger partial charge < -0.3 is 19.9 Å². The summed E-state index contributed by atoms with van der Waals surface area (Å²) in [6.07, 6.45) is 0. The molecule has 2 aromatic rings. The number of carbonyl (C=O) groups excluding carboxylic acids is 2. The number of rotatable bonds is 9. The molecule has 0 spiro atoms. The van der Waals surface area contributed by atoms with Gasteiger partial charge in [-0.1, -0.05) is 18.2 Å². The molecule has 0 heterocycles. The monoisotopic (exact) mass is 388 g/mol. The van der Waals surface area contributed by atoms with Crippen molar-refractivity contribution in [3.8, 4) is 5.75 Å². The number of nitrogens with zero attached hydrogens (tertiary/aromatic N) is 1. The fourth-order valence-corrected chi connectivity index (χ4v) is 2.75. The maximum absolute atomic E-state index is 13.0. The number of hydrogen-bond acceptors (Lipinski definition) is 3. The van der Waals surface area contributed by atoms with Crippen molar-refractivity contribution in [2.75, 3.05) is 39.1 Å². The van der Waals surface area contributed by atoms with Crippen LogP contribution < -0.4 is 15.0 Å². The van der Waals surface area contributed by atoms with Gasteiger partial charge in [-0.2, -0.15) is 0 Å². The minimum Gasteiger partial charge on any atom is -0.497 e. The highest BCUT2D eigenvalue weighted by Crippen LogP contribution is 2.16. The van der Waals surface area contributed by atoms with E-state index in [4.69, 9.17) is 4.74 Å². The second-order valence-corrected chi connectivity index (χ2v) is 6.61. The Morgan fingerprint density at radius 2 is 1.86 bits per heavy atom. The van der Waals surface area contributed by atoms with E-state index in [0.29, 0.717) is 24.5 Å². The lowest BCUT2D eigenvalue weighted by molar-refractivity contribution is -0.882. The van der Waals surface area contributed by atoms with Crippen LogP contribution in [-0.4, -0.2) is 50.5 Å². The van der Waals surface area contributed by atoms with E-state index in [2.05, 4.69) is 5.32 Å². The standard InChI is InChI=1S/C21H26FN3O3/c1-4-25(14-20(26)23-18-6-5-7-19(12-18)28-3)15-21(27)24(2)13-16-8-10-17(22)11-9-16/h5-12H,4,13-15H2,1-3H3,(H,23,26)/p+1. The molecule has 0 aliphatic heterocycles. The van der Waals surface area contributed by atoms with Crippen molar-refractivity contribution in [2.24, 2.45) is 0 Å². The maximum atomic E-state index is 13.0. The molecule has 0 fully saturated rings. The Balaban J connectivity index is 1.86. The van der Waals surface area contributed by atoms with Crippen LogP contribution in [0.4, 0.5) is 10.1 Å². The van der Waals surface area contributed by atoms with Crippen LogP contribution >= 0.6 is 0 Å². The van der Waals surface area contributed by atoms with Gasteiger partial charge in [0.25, 0.3) is 11.8 Å². The molecule has 0 aliphatic rings. The van der Waals surface area contributed by atoms with E-state index in [-0.39, 0.29) is 30.7 Å². The van der Waals surface area contributed by atoms with Gasteiger partial charge >= 0.3 is 0 Å². The van der Waals surface area contributed by atoms with Gasteiger partial charge in [-0.05, 0) is 36.8 Å². The van der Waals surface area contributed by atoms with Crippen LogP contribution in [0.1, 0.15) is 12.5 Å². The Morgan fingerprint density at radius 3 is 2.50 bits per heavy atom. The molecule has 0 saturated heterocycles. The van der Waals surface area contributed by atoms with Gasteiger partial charge in [0.1, 0.15) is 11.6 Å². The van der Waals surface area contributed by atoms with Gasteiger partial charge in [-0.25, -0.2) is 4.39 Å². The van der Waals surface area contributed by atoms with Crippen LogP contribution in [0.3, 0.4) is 0 Å². The molecule has 0 bridgehead atoms. The minimum absolute atomic E-state index is 0.0737. The molecule has 2 amide bonds. The summed E-state index contributed by atoms with van der Waals surface area (Å²) in [5.41, 5.74) is 1.51. The maximum Gasteiger partial charge on any atom is 0.279 e. The average Bonchev–Trinajstić information content (AvgIpc) is 2.69. The molecule has 0 aromatic heterocycles. The number of hydrogen-bond donors (Lipinski definition) is 2. The summed E-state index contributed by atoms with van der Waals surface area (Å²) >= 11 is 0. The lowest BCUT2D eigenvalue weighted by Gasteiger charge is -2.21. The molecule has 6 nitrogen and oxygen atoms in total. The molecular weight excluding hydrogens is 361 g/mol. The molecular formula is C21H27FN3O3+. The van der Waals surface area contributed by atoms with E-state index in [1.54, 1.807) is 55.5 Å². The van der Waals surface area contributed by atoms with Gasteiger partial charge in [0.2, 0.25) is 0 Å². The van der Waals surface area contributed by atoms with Gasteiger partial charge in [0.05, 0.1) is 13.7 Å². The van der Waals surface area contributed by atoms with Crippen LogP contribution in [0.15, 0.2) is 48.5 Å². The Kier molecular flexibility index (Phi) is 7.95. The fraction of sp³-hybridized carbons (Fsp3) is 0.333. The second-order valence-electron chi connectivity index (χ2n) is 6.61. The highest BCUT2D eigenvalue weighted by Gasteiger charge is 2.19. The Labute approximate surface area is 164 Å². The van der Waals surface area contributed by atoms with Crippen LogP contribution in [0.5, 0.6) is 5.75 Å². The summed E-state index contributed by atoms with van der Waals surface area (Å²) < 4.78 is 18.1. The van der Waals surface area contributed by atoms with Crippen molar-refractivity contribution >= 4 is 17.5 Å². The Morgan fingerprint density at radius 1 is 1.14 bits per heavy atom. The third-order valence-electron chi connectivity index (χ3n) is 4.42. The van der Waals surface area contributed by atoms with E-state index >= 15 is 0 Å². The number of carbonyl (C=O) groups is 2. The number of anilines is 1. The second kappa shape index (κ2) is 10.4. The van der Waals surface area contributed by atoms with Gasteiger partial charge in [-0.3, -0.25) is 9.59 Å². The molecule has 0 aliphatic carbocycles. The van der Waals surface area contributed by atoms with Gasteiger partial charge in [0, 0.05) is 25.3 Å². The van der Waals surface area contributed by atoms with E-state index in [9.17, 15) is 14.0 Å². The van der Waals surface area contributed by atoms with Crippen molar-refractivity contribution in [2.45, 2.75) is 13.5 Å². The average molecular weight is 388 g/mol. The smallest absolute Gasteiger partial charge is 0.279 e. The zero-order valence-corrected chi connectivity index (χ0v) is 16.5. The van der Waals surface area contributed by atoms with Gasteiger partial charge in [-0.15, -0.1) is 0 Å². The Hall–Kier alpha value is -2.93. The van der Waals surface area contributed by atoms with E-state index in [1.165, 1.54) is 12.1 Å². The first-order chi connectivity index (χ1) is 13.4. The normalized spacial score (nSPS) is 11.6. The largest absolute Gasteiger partial charge is 0.497 e. The SMILES string of the molecule is CC[NH+](CC(=O)Nc1cccc(OC)c1)CC(=O)N(C)Cc1ccc(F)cc1. The number of halogens is 1. The number of amides is 2. The van der Waals surface area contributed by atoms with Crippen LogP contribution in [0.2, 0.25) is 0 Å². The number of methoxy groups -OCH3 is 1. The predicted molar refractivity (Wildman–Crippen MR) is 106 cm³/mol. The number of ether oxygens (including phenoxy) is 1. The van der Waals surface area contributed by atoms with Crippen LogP contribution in [0, 0.1) is 5.82 Å². The van der Waals surface area contributed by atoms with Crippen molar-refractivity contribution in [1.82, 2.24) is 4.90 Å². The molecule has 28 heavy (non-hydrogen) atoms. The highest BCUT2D eigenvalue weighted by molar-refractivity contribution is 5.91. The summed E-state index contributed by atoms with van der Waals surface area (Å²) in [5, 5.41) is 2.83. The molecule has 2 aromatic carbocycles. The van der Waals surface area contributed by atoms with E-state index in [1.807, 2.05) is 6.92 Å². The third-order valence-corrected chi connectivity index (χ3v) is 4.42. The topological polar surface area (TPSA) is 63.1 Å². The zero-order chi connectivity index (χ0) is 20.5. The molecule has 0 saturated carbocycles. The van der Waals surface area contributed by atoms with Gasteiger partial charge in [0.15, 0.2) is 13.1 Å². The number of quaternary nitrogens is 1. The highest BCUT2D eigenvalue weighted by atomic mass is 19.1. The van der Waals surface area contributed by atoms with E-state index < -0.39 is 0 Å². The van der Waals surface area contributed by atoms with E-state index in [0.717, 1.165) is 10.5 Å². The Bertz CT molecular complexity index is 796. The lowest BCUT2D eigenvalue weighted by Crippen LogP contribution is -3.13. The van der Waals surface area contributed by atoms with Crippen molar-refractivity contribution in [3.63, 3.8) is 0 Å². The third kappa shape index (κ3) is 6.66. The summed E-state index contributed by atoms with van der Waals surface area (Å²) in [6, 6.07) is 13.2. The first-order valence-electron chi connectivity index (χ1n) is 9.17. The van der Waals surface area contributed by atoms with Crippen molar-refractivity contribution in [3.05, 3.63) is 59.9 Å². The molecule has 1 atom stereocenters. The van der Waals surface area contributed by atoms with Crippen LogP contribution in [-0.2, 0) is 16.1 Å². The minimum atomic E-state index is -0.304. The number of nitrogens with one attached hydrogen (secondary N) is 2. The summed E-state index contributed by atoms with van der Waals surface area (Å²) in [5.74, 6) is 0.117. The predicted octanol–water partition coefficient (Wildman–Crippen LogP) is 1.34. The summed E-state index contributed by atoms with van der Waals surface area (Å²) in [6.45, 7) is 3.36. The molecule has 1 unspecified atom stereocenters. The molecule has 0 radical (unpaired) electrons. The lowest BCUT2D eigenvalue weighted by atomic mass is 10.2. The molecule has 2 N–H and O–H groups in total. The van der Waals surface area contributed by atoms with Crippen LogP contribution in [0.25, 0.3) is 0 Å². The molecule has 7 heteroatoms. The first kappa shape index (κ1) is 21.4. The first-order valence-corrected chi connectivity index (χ1v) is 9.17.